The number of carboxylic acids is 1. The Bertz CT molecular complexity index is 783. The van der Waals surface area contributed by atoms with E-state index in [2.05, 4.69) is 0 Å². The molecule has 1 heterocycles. The van der Waals surface area contributed by atoms with Crippen LogP contribution in [0.4, 0.5) is 0 Å². The van der Waals surface area contributed by atoms with Gasteiger partial charge in [0.25, 0.3) is 5.91 Å². The summed E-state index contributed by atoms with van der Waals surface area (Å²) in [5, 5.41) is 10.9. The zero-order valence-corrected chi connectivity index (χ0v) is 15.1. The average Bonchev–Trinajstić information content (AvgIpc) is 2.66. The number of carbonyl (C=O) groups is 2. The molecule has 1 aliphatic rings. The van der Waals surface area contributed by atoms with Gasteiger partial charge in [-0.3, -0.25) is 9.59 Å². The van der Waals surface area contributed by atoms with E-state index in [1.165, 1.54) is 0 Å². The lowest BCUT2D eigenvalue weighted by molar-refractivity contribution is -0.140. The fourth-order valence-electron chi connectivity index (χ4n) is 3.62. The molecule has 0 aromatic heterocycles. The van der Waals surface area contributed by atoms with Gasteiger partial charge in [-0.15, -0.1) is 0 Å². The molecule has 0 spiro atoms. The molecule has 1 fully saturated rings. The Kier molecular flexibility index (Phi) is 5.76. The fraction of sp³-hybridized carbons (Fsp3) is 0.429. The third-order valence-corrected chi connectivity index (χ3v) is 5.00. The van der Waals surface area contributed by atoms with E-state index in [-0.39, 0.29) is 18.2 Å². The lowest BCUT2D eigenvalue weighted by Gasteiger charge is -2.34. The average molecular weight is 355 g/mol. The predicted octanol–water partition coefficient (Wildman–Crippen LogP) is 3.71. The van der Waals surface area contributed by atoms with E-state index in [4.69, 9.17) is 9.84 Å². The van der Waals surface area contributed by atoms with E-state index in [1.807, 2.05) is 47.4 Å². The van der Waals surface area contributed by atoms with Crippen molar-refractivity contribution >= 4 is 22.6 Å². The van der Waals surface area contributed by atoms with Gasteiger partial charge in [0.15, 0.2) is 6.10 Å². The highest BCUT2D eigenvalue weighted by Crippen LogP contribution is 2.27. The minimum absolute atomic E-state index is 0.0297. The quantitative estimate of drug-likeness (QED) is 0.858. The summed E-state index contributed by atoms with van der Waals surface area (Å²) in [5.41, 5.74) is 0. The van der Waals surface area contributed by atoms with Crippen molar-refractivity contribution in [3.05, 3.63) is 42.5 Å². The van der Waals surface area contributed by atoms with Crippen molar-refractivity contribution in [2.24, 2.45) is 5.92 Å². The van der Waals surface area contributed by atoms with Crippen molar-refractivity contribution in [2.45, 2.75) is 38.7 Å². The predicted molar refractivity (Wildman–Crippen MR) is 100 cm³/mol. The van der Waals surface area contributed by atoms with Crippen LogP contribution in [-0.4, -0.2) is 41.1 Å². The summed E-state index contributed by atoms with van der Waals surface area (Å²) in [6, 6.07) is 13.8. The van der Waals surface area contributed by atoms with Crippen LogP contribution >= 0.6 is 0 Å². The molecule has 5 nitrogen and oxygen atoms in total. The number of benzene rings is 2. The number of hydrogen-bond acceptors (Lipinski definition) is 3. The van der Waals surface area contributed by atoms with Gasteiger partial charge in [-0.25, -0.2) is 0 Å². The molecule has 1 N–H and O–H groups in total. The van der Waals surface area contributed by atoms with Gasteiger partial charge < -0.3 is 14.7 Å². The number of hydrogen-bond donors (Lipinski definition) is 1. The van der Waals surface area contributed by atoms with E-state index < -0.39 is 12.1 Å². The standard InChI is InChI=1S/C21H25NO4/c1-15(26-19-10-4-8-17-7-2-3-9-18(17)19)21(25)22-13-5-6-16(14-22)11-12-20(23)24/h2-4,7-10,15-16H,5-6,11-14H2,1H3,(H,23,24). The number of likely N-dealkylation sites (tertiary alicyclic amines) is 1. The van der Waals surface area contributed by atoms with Crippen LogP contribution in [0.3, 0.4) is 0 Å². The number of carboxylic acid groups (broad SMARTS) is 1. The fourth-order valence-corrected chi connectivity index (χ4v) is 3.62. The maximum Gasteiger partial charge on any atom is 0.303 e. The highest BCUT2D eigenvalue weighted by atomic mass is 16.5. The van der Waals surface area contributed by atoms with Crippen LogP contribution in [-0.2, 0) is 9.59 Å². The number of fused-ring (bicyclic) bond motifs is 1. The topological polar surface area (TPSA) is 66.8 Å². The van der Waals surface area contributed by atoms with Crippen LogP contribution in [0.2, 0.25) is 0 Å². The van der Waals surface area contributed by atoms with Crippen LogP contribution in [0.1, 0.15) is 32.6 Å². The van der Waals surface area contributed by atoms with Gasteiger partial charge in [-0.05, 0) is 43.6 Å². The van der Waals surface area contributed by atoms with Crippen molar-refractivity contribution in [1.29, 1.82) is 0 Å². The normalized spacial score (nSPS) is 18.5. The van der Waals surface area contributed by atoms with Gasteiger partial charge in [0.2, 0.25) is 0 Å². The molecule has 2 aromatic rings. The SMILES string of the molecule is CC(Oc1cccc2ccccc12)C(=O)N1CCCC(CCC(=O)O)C1. The second-order valence-corrected chi connectivity index (χ2v) is 6.96. The molecule has 2 atom stereocenters. The summed E-state index contributed by atoms with van der Waals surface area (Å²) in [4.78, 5) is 25.4. The maximum atomic E-state index is 12.8. The Hall–Kier alpha value is -2.56. The number of amides is 1. The molecule has 1 aliphatic heterocycles. The van der Waals surface area contributed by atoms with Crippen LogP contribution < -0.4 is 4.74 Å². The van der Waals surface area contributed by atoms with Crippen molar-refractivity contribution in [2.75, 3.05) is 13.1 Å². The van der Waals surface area contributed by atoms with Crippen molar-refractivity contribution in [3.8, 4) is 5.75 Å². The molecular formula is C21H25NO4. The van der Waals surface area contributed by atoms with E-state index in [1.54, 1.807) is 6.92 Å². The molecule has 2 unspecified atom stereocenters. The number of carbonyl (C=O) groups excluding carboxylic acids is 1. The first-order valence-corrected chi connectivity index (χ1v) is 9.19. The number of aliphatic carboxylic acids is 1. The largest absolute Gasteiger partial charge is 0.481 e. The lowest BCUT2D eigenvalue weighted by atomic mass is 9.93. The molecule has 26 heavy (non-hydrogen) atoms. The summed E-state index contributed by atoms with van der Waals surface area (Å²) in [7, 11) is 0. The Morgan fingerprint density at radius 1 is 1.23 bits per heavy atom. The van der Waals surface area contributed by atoms with Crippen molar-refractivity contribution in [1.82, 2.24) is 4.90 Å². The maximum absolute atomic E-state index is 12.8. The minimum Gasteiger partial charge on any atom is -0.481 e. The second-order valence-electron chi connectivity index (χ2n) is 6.96. The Morgan fingerprint density at radius 2 is 2.00 bits per heavy atom. The zero-order chi connectivity index (χ0) is 18.5. The summed E-state index contributed by atoms with van der Waals surface area (Å²) in [6.45, 7) is 3.12. The first-order valence-electron chi connectivity index (χ1n) is 9.19. The van der Waals surface area contributed by atoms with Gasteiger partial charge in [0.05, 0.1) is 0 Å². The molecule has 138 valence electrons. The number of ether oxygens (including phenoxy) is 1. The van der Waals surface area contributed by atoms with Crippen LogP contribution in [0.15, 0.2) is 42.5 Å². The van der Waals surface area contributed by atoms with Gasteiger partial charge in [-0.1, -0.05) is 36.4 Å². The highest BCUT2D eigenvalue weighted by molar-refractivity contribution is 5.89. The van der Waals surface area contributed by atoms with Crippen LogP contribution in [0.25, 0.3) is 10.8 Å². The zero-order valence-electron chi connectivity index (χ0n) is 15.1. The van der Waals surface area contributed by atoms with Gasteiger partial charge in [-0.2, -0.15) is 0 Å². The molecular weight excluding hydrogens is 330 g/mol. The van der Waals surface area contributed by atoms with Gasteiger partial charge in [0.1, 0.15) is 5.75 Å². The smallest absolute Gasteiger partial charge is 0.303 e. The Balaban J connectivity index is 1.64. The van der Waals surface area contributed by atoms with E-state index in [9.17, 15) is 9.59 Å². The minimum atomic E-state index is -0.777. The second kappa shape index (κ2) is 8.21. The first-order chi connectivity index (χ1) is 12.5. The van der Waals surface area contributed by atoms with Gasteiger partial charge in [0, 0.05) is 24.9 Å². The number of rotatable bonds is 6. The van der Waals surface area contributed by atoms with Crippen LogP contribution in [0.5, 0.6) is 5.75 Å². The molecule has 1 saturated heterocycles. The Morgan fingerprint density at radius 3 is 2.81 bits per heavy atom. The molecule has 0 radical (unpaired) electrons. The molecule has 5 heteroatoms. The molecule has 0 saturated carbocycles. The molecule has 0 bridgehead atoms. The van der Waals surface area contributed by atoms with Crippen LogP contribution in [0, 0.1) is 5.92 Å². The third kappa shape index (κ3) is 4.34. The van der Waals surface area contributed by atoms with Crippen molar-refractivity contribution < 1.29 is 19.4 Å². The molecule has 2 aromatic carbocycles. The van der Waals surface area contributed by atoms with Crippen molar-refractivity contribution in [3.63, 3.8) is 0 Å². The highest BCUT2D eigenvalue weighted by Gasteiger charge is 2.28. The number of piperidine rings is 1. The summed E-state index contributed by atoms with van der Waals surface area (Å²) in [6.07, 6.45) is 2.11. The summed E-state index contributed by atoms with van der Waals surface area (Å²) >= 11 is 0. The monoisotopic (exact) mass is 355 g/mol. The molecule has 0 aliphatic carbocycles. The molecule has 1 amide bonds. The first kappa shape index (κ1) is 18.2. The Labute approximate surface area is 153 Å². The molecule has 3 rings (SSSR count). The summed E-state index contributed by atoms with van der Waals surface area (Å²) in [5.74, 6) is 0.163. The van der Waals surface area contributed by atoms with E-state index >= 15 is 0 Å². The number of nitrogens with zero attached hydrogens (tertiary/aromatic N) is 1. The summed E-state index contributed by atoms with van der Waals surface area (Å²) < 4.78 is 5.99. The lowest BCUT2D eigenvalue weighted by Crippen LogP contribution is -2.45. The van der Waals surface area contributed by atoms with Gasteiger partial charge >= 0.3 is 5.97 Å². The van der Waals surface area contributed by atoms with E-state index in [0.717, 1.165) is 23.6 Å². The third-order valence-electron chi connectivity index (χ3n) is 5.00. The van der Waals surface area contributed by atoms with E-state index in [0.29, 0.717) is 25.3 Å².